The number of carbonyl (C=O) groups is 4. The molecule has 2 heterocycles. The Morgan fingerprint density at radius 3 is 2.39 bits per heavy atom. The van der Waals surface area contributed by atoms with Crippen molar-refractivity contribution >= 4 is 84.2 Å². The number of phenols is 1. The first-order chi connectivity index (χ1) is 23.2. The summed E-state index contributed by atoms with van der Waals surface area (Å²) in [4.78, 5) is 70.1. The van der Waals surface area contributed by atoms with Crippen molar-refractivity contribution in [3.05, 3.63) is 95.6 Å². The second-order valence-electron chi connectivity index (χ2n) is 12.7. The number of benzene rings is 3. The summed E-state index contributed by atoms with van der Waals surface area (Å²) < 4.78 is 20.2. The van der Waals surface area contributed by atoms with Crippen molar-refractivity contribution < 1.29 is 38.3 Å². The van der Waals surface area contributed by atoms with Crippen molar-refractivity contribution in [2.45, 2.75) is 25.7 Å². The number of aromatic hydroxyl groups is 1. The van der Waals surface area contributed by atoms with Crippen LogP contribution in [0.3, 0.4) is 0 Å². The van der Waals surface area contributed by atoms with Gasteiger partial charge in [0, 0.05) is 22.5 Å². The van der Waals surface area contributed by atoms with Gasteiger partial charge in [0.15, 0.2) is 11.5 Å². The lowest BCUT2D eigenvalue weighted by atomic mass is 9.51. The normalized spacial score (nSPS) is 27.6. The molecule has 3 fully saturated rings. The van der Waals surface area contributed by atoms with Gasteiger partial charge >= 0.3 is 0 Å². The van der Waals surface area contributed by atoms with Gasteiger partial charge in [0.1, 0.15) is 5.82 Å². The molecule has 15 heteroatoms. The maximum atomic E-state index is 14.7. The number of methoxy groups -OCH3 is 1. The smallest absolute Gasteiger partial charge is 0.271 e. The number of halogens is 4. The van der Waals surface area contributed by atoms with E-state index in [9.17, 15) is 38.8 Å². The number of anilines is 2. The molecule has 2 saturated heterocycles. The highest BCUT2D eigenvalue weighted by molar-refractivity contribution is 9.13. The monoisotopic (exact) mass is 815 g/mol. The molecule has 4 amide bonds. The zero-order chi connectivity index (χ0) is 35.3. The van der Waals surface area contributed by atoms with E-state index in [1.165, 1.54) is 43.5 Å². The van der Waals surface area contributed by atoms with E-state index in [2.05, 4.69) is 31.9 Å². The van der Waals surface area contributed by atoms with Crippen LogP contribution < -0.4 is 14.5 Å². The van der Waals surface area contributed by atoms with Crippen molar-refractivity contribution in [1.82, 2.24) is 0 Å². The van der Waals surface area contributed by atoms with Gasteiger partial charge in [-0.15, -0.1) is 0 Å². The van der Waals surface area contributed by atoms with Crippen molar-refractivity contribution in [3.63, 3.8) is 0 Å². The molecule has 2 aliphatic carbocycles. The molecule has 1 saturated carbocycles. The molecule has 252 valence electrons. The number of non-ortho nitro benzene ring substituents is 1. The molecule has 1 N–H and O–H groups in total. The first-order valence-electron chi connectivity index (χ1n) is 15.1. The molecule has 0 unspecified atom stereocenters. The molecule has 0 aromatic heterocycles. The molecular formula is C34H25Br2ClFN3O8. The van der Waals surface area contributed by atoms with Crippen LogP contribution in [0.4, 0.5) is 21.5 Å². The van der Waals surface area contributed by atoms with Crippen LogP contribution in [0.1, 0.15) is 31.2 Å². The SMILES string of the molecule is COc1cc([C@H]2C3=CC[C@@H]4C(=O)N(c5cccc([N+](=O)[O-])c5)C(=O)[C@@H]4[C@@H]3C[C@H]3C(=O)N(c4ccc(F)c(Cl)c4)C(=O)[C@@]23C)c(Br)c(Br)c1O. The van der Waals surface area contributed by atoms with E-state index in [0.29, 0.717) is 15.6 Å². The van der Waals surface area contributed by atoms with E-state index >= 15 is 0 Å². The minimum atomic E-state index is -1.46. The lowest BCUT2D eigenvalue weighted by Gasteiger charge is -2.49. The van der Waals surface area contributed by atoms with Crippen LogP contribution in [-0.2, 0) is 19.2 Å². The Hall–Kier alpha value is -4.14. The fourth-order valence-electron chi connectivity index (χ4n) is 8.21. The number of allylic oxidation sites excluding steroid dienone is 2. The summed E-state index contributed by atoms with van der Waals surface area (Å²) in [5.74, 6) is -7.37. The van der Waals surface area contributed by atoms with E-state index in [4.69, 9.17) is 16.3 Å². The number of ether oxygens (including phenoxy) is 1. The summed E-state index contributed by atoms with van der Waals surface area (Å²) in [5, 5.41) is 22.0. The van der Waals surface area contributed by atoms with E-state index in [-0.39, 0.29) is 50.9 Å². The van der Waals surface area contributed by atoms with Gasteiger partial charge in [-0.3, -0.25) is 29.3 Å². The molecule has 7 rings (SSSR count). The first kappa shape index (κ1) is 33.4. The van der Waals surface area contributed by atoms with E-state index in [1.54, 1.807) is 13.0 Å². The van der Waals surface area contributed by atoms with E-state index in [1.807, 2.05) is 6.08 Å². The molecule has 0 bridgehead atoms. The first-order valence-corrected chi connectivity index (χ1v) is 17.1. The van der Waals surface area contributed by atoms with Crippen LogP contribution in [0.25, 0.3) is 0 Å². The van der Waals surface area contributed by atoms with Crippen LogP contribution in [-0.4, -0.2) is 40.8 Å². The Morgan fingerprint density at radius 1 is 1.00 bits per heavy atom. The third-order valence-corrected chi connectivity index (χ3v) is 12.9. The van der Waals surface area contributed by atoms with Gasteiger partial charge in [-0.25, -0.2) is 14.2 Å². The van der Waals surface area contributed by atoms with Gasteiger partial charge in [0.25, 0.3) is 5.69 Å². The molecule has 0 spiro atoms. The molecule has 6 atom stereocenters. The third-order valence-electron chi connectivity index (χ3n) is 10.4. The molecular weight excluding hydrogens is 793 g/mol. The molecule has 3 aromatic rings. The molecule has 11 nitrogen and oxygen atoms in total. The zero-order valence-electron chi connectivity index (χ0n) is 25.7. The van der Waals surface area contributed by atoms with Crippen LogP contribution >= 0.6 is 43.5 Å². The number of rotatable bonds is 5. The lowest BCUT2D eigenvalue weighted by Crippen LogP contribution is -2.49. The maximum Gasteiger partial charge on any atom is 0.271 e. The topological polar surface area (TPSA) is 147 Å². The van der Waals surface area contributed by atoms with Crippen LogP contribution in [0.15, 0.2) is 69.1 Å². The van der Waals surface area contributed by atoms with Crippen LogP contribution in [0.2, 0.25) is 5.02 Å². The number of phenolic OH excluding ortho intramolecular Hbond substituents is 1. The number of nitro benzene ring substituents is 1. The fraction of sp³-hybridized carbons (Fsp3) is 0.294. The Kier molecular flexibility index (Phi) is 7.99. The Balaban J connectivity index is 1.40. The summed E-state index contributed by atoms with van der Waals surface area (Å²) in [5.41, 5.74) is -0.453. The quantitative estimate of drug-likeness (QED) is 0.125. The van der Waals surface area contributed by atoms with Gasteiger partial charge in [-0.05, 0) is 93.4 Å². The summed E-state index contributed by atoms with van der Waals surface area (Å²) in [6, 6.07) is 10.4. The van der Waals surface area contributed by atoms with Gasteiger partial charge < -0.3 is 9.84 Å². The van der Waals surface area contributed by atoms with Gasteiger partial charge in [0.05, 0.1) is 56.1 Å². The number of hydrogen-bond acceptors (Lipinski definition) is 8. The standard InChI is InChI=1S/C34H25Br2ClFN3O8/c1-34-21(31(44)40(33(34)46)15-6-9-23(38)22(37)11-15)12-19-17(26(34)20-13-24(49-2)29(42)28(36)27(20)35)7-8-18-25(19)32(45)39(30(18)43)14-4-3-5-16(10-14)41(47)48/h3-7,9-11,13,18-19,21,25-26,42H,8,12H2,1-2H3/t18-,19+,21-,25-,26+,34+/m0/s1. The number of imide groups is 2. The molecule has 4 aliphatic rings. The number of hydrogen-bond donors (Lipinski definition) is 1. The summed E-state index contributed by atoms with van der Waals surface area (Å²) in [6.45, 7) is 1.67. The zero-order valence-corrected chi connectivity index (χ0v) is 29.6. The minimum Gasteiger partial charge on any atom is -0.503 e. The summed E-state index contributed by atoms with van der Waals surface area (Å²) >= 11 is 13.1. The Labute approximate surface area is 300 Å². The highest BCUT2D eigenvalue weighted by Crippen LogP contribution is 2.65. The molecule has 0 radical (unpaired) electrons. The van der Waals surface area contributed by atoms with Crippen molar-refractivity contribution in [3.8, 4) is 11.5 Å². The van der Waals surface area contributed by atoms with Crippen molar-refractivity contribution in [2.24, 2.45) is 29.1 Å². The van der Waals surface area contributed by atoms with Gasteiger partial charge in [-0.1, -0.05) is 29.3 Å². The van der Waals surface area contributed by atoms with Crippen LogP contribution in [0.5, 0.6) is 11.5 Å². The summed E-state index contributed by atoms with van der Waals surface area (Å²) in [6.07, 6.45) is 2.01. The van der Waals surface area contributed by atoms with E-state index in [0.717, 1.165) is 15.9 Å². The third kappa shape index (κ3) is 4.70. The minimum absolute atomic E-state index is 0.0335. The van der Waals surface area contributed by atoms with E-state index < -0.39 is 69.4 Å². The highest BCUT2D eigenvalue weighted by atomic mass is 79.9. The Morgan fingerprint density at radius 2 is 1.71 bits per heavy atom. The van der Waals surface area contributed by atoms with Crippen molar-refractivity contribution in [1.29, 1.82) is 0 Å². The molecule has 2 aliphatic heterocycles. The van der Waals surface area contributed by atoms with Crippen LogP contribution in [0, 0.1) is 45.0 Å². The number of fused-ring (bicyclic) bond motifs is 4. The average molecular weight is 818 g/mol. The van der Waals surface area contributed by atoms with Gasteiger partial charge in [0.2, 0.25) is 23.6 Å². The number of amides is 4. The second-order valence-corrected chi connectivity index (χ2v) is 14.7. The Bertz CT molecular complexity index is 2080. The van der Waals surface area contributed by atoms with Gasteiger partial charge in [-0.2, -0.15) is 0 Å². The number of nitro groups is 1. The predicted octanol–water partition coefficient (Wildman–Crippen LogP) is 7.06. The molecule has 49 heavy (non-hydrogen) atoms. The summed E-state index contributed by atoms with van der Waals surface area (Å²) in [7, 11) is 1.37. The second kappa shape index (κ2) is 11.7. The number of carbonyl (C=O) groups excluding carboxylic acids is 4. The molecule has 3 aromatic carbocycles. The highest BCUT2D eigenvalue weighted by Gasteiger charge is 2.68. The predicted molar refractivity (Wildman–Crippen MR) is 182 cm³/mol. The fourth-order valence-corrected chi connectivity index (χ4v) is 9.34. The van der Waals surface area contributed by atoms with Crippen molar-refractivity contribution in [2.75, 3.05) is 16.9 Å². The number of nitrogens with zero attached hydrogens (tertiary/aromatic N) is 3. The largest absolute Gasteiger partial charge is 0.503 e. The lowest BCUT2D eigenvalue weighted by molar-refractivity contribution is -0.384. The maximum absolute atomic E-state index is 14.7. The average Bonchev–Trinajstić information content (AvgIpc) is 3.45.